The number of hydrogen-bond acceptors (Lipinski definition) is 4. The van der Waals surface area contributed by atoms with E-state index in [2.05, 4.69) is 9.97 Å². The van der Waals surface area contributed by atoms with Crippen LogP contribution in [0.1, 0.15) is 5.56 Å². The molecule has 2 rings (SSSR count). The lowest BCUT2D eigenvalue weighted by molar-refractivity contribution is -0.383. The molecule has 0 aliphatic heterocycles. The van der Waals surface area contributed by atoms with E-state index in [0.717, 1.165) is 0 Å². The molecule has 1 heterocycles. The molecule has 0 atom stereocenters. The summed E-state index contributed by atoms with van der Waals surface area (Å²) in [6, 6.07) is 1.57. The Balaban J connectivity index is 2.98. The van der Waals surface area contributed by atoms with Crippen LogP contribution in [-0.4, -0.2) is 14.9 Å². The number of nitro benzene ring substituents is 1. The fraction of sp³-hybridized carbons (Fsp3) is 0.111. The van der Waals surface area contributed by atoms with Crippen LogP contribution in [0.2, 0.25) is 15.3 Å². The molecule has 0 amide bonds. The first-order chi connectivity index (χ1) is 7.91. The minimum atomic E-state index is -0.615. The van der Waals surface area contributed by atoms with Gasteiger partial charge in [0.1, 0.15) is 5.02 Å². The van der Waals surface area contributed by atoms with Gasteiger partial charge in [0.2, 0.25) is 0 Å². The summed E-state index contributed by atoms with van der Waals surface area (Å²) in [5.74, 6) is 0. The van der Waals surface area contributed by atoms with Gasteiger partial charge in [0, 0.05) is 0 Å². The van der Waals surface area contributed by atoms with Crippen molar-refractivity contribution in [1.29, 1.82) is 0 Å². The fourth-order valence-electron chi connectivity index (χ4n) is 1.41. The molecule has 0 radical (unpaired) electrons. The van der Waals surface area contributed by atoms with E-state index in [4.69, 9.17) is 34.8 Å². The van der Waals surface area contributed by atoms with Crippen molar-refractivity contribution in [3.05, 3.63) is 37.1 Å². The lowest BCUT2D eigenvalue weighted by Gasteiger charge is -2.04. The zero-order chi connectivity index (χ0) is 12.7. The molecule has 0 saturated carbocycles. The highest BCUT2D eigenvalue weighted by atomic mass is 35.5. The van der Waals surface area contributed by atoms with E-state index < -0.39 is 4.92 Å². The summed E-state index contributed by atoms with van der Waals surface area (Å²) in [6.07, 6.45) is 0. The number of hydrogen-bond donors (Lipinski definition) is 0. The molecule has 0 aliphatic rings. The van der Waals surface area contributed by atoms with E-state index in [0.29, 0.717) is 5.56 Å². The Hall–Kier alpha value is -1.17. The van der Waals surface area contributed by atoms with Gasteiger partial charge in [-0.3, -0.25) is 10.1 Å². The number of aromatic nitrogens is 2. The molecule has 0 bridgehead atoms. The molecule has 0 saturated heterocycles. The topological polar surface area (TPSA) is 68.9 Å². The van der Waals surface area contributed by atoms with Gasteiger partial charge in [-0.1, -0.05) is 34.8 Å². The van der Waals surface area contributed by atoms with Gasteiger partial charge in [0.25, 0.3) is 0 Å². The van der Waals surface area contributed by atoms with Crippen LogP contribution >= 0.6 is 34.8 Å². The highest BCUT2D eigenvalue weighted by Gasteiger charge is 2.23. The molecule has 0 spiro atoms. The van der Waals surface area contributed by atoms with Gasteiger partial charge in [-0.25, -0.2) is 9.97 Å². The largest absolute Gasteiger partial charge is 0.315 e. The maximum atomic E-state index is 11.0. The van der Waals surface area contributed by atoms with E-state index in [1.807, 2.05) is 0 Å². The molecular weight excluding hydrogens is 288 g/mol. The third kappa shape index (κ3) is 2.01. The molecule has 8 heteroatoms. The second-order valence-electron chi connectivity index (χ2n) is 3.29. The van der Waals surface area contributed by atoms with Crippen LogP contribution in [0.4, 0.5) is 5.69 Å². The van der Waals surface area contributed by atoms with Crippen LogP contribution in [0.5, 0.6) is 0 Å². The minimum absolute atomic E-state index is 0.00446. The van der Waals surface area contributed by atoms with Gasteiger partial charge in [0.15, 0.2) is 15.8 Å². The maximum absolute atomic E-state index is 11.0. The van der Waals surface area contributed by atoms with Crippen LogP contribution in [0.3, 0.4) is 0 Å². The van der Waals surface area contributed by atoms with Crippen molar-refractivity contribution in [2.75, 3.05) is 0 Å². The van der Waals surface area contributed by atoms with Crippen LogP contribution in [0, 0.1) is 17.0 Å². The van der Waals surface area contributed by atoms with Gasteiger partial charge in [-0.15, -0.1) is 0 Å². The lowest BCUT2D eigenvalue weighted by Crippen LogP contribution is -1.97. The van der Waals surface area contributed by atoms with Gasteiger partial charge in [0.05, 0.1) is 10.4 Å². The maximum Gasteiger partial charge on any atom is 0.315 e. The summed E-state index contributed by atoms with van der Waals surface area (Å²) in [4.78, 5) is 18.1. The SMILES string of the molecule is Cc1cc2nc(Cl)c(Cl)nc2c([N+](=O)[O-])c1Cl. The van der Waals surface area contributed by atoms with Crippen molar-refractivity contribution in [2.45, 2.75) is 6.92 Å². The van der Waals surface area contributed by atoms with Crippen molar-refractivity contribution in [1.82, 2.24) is 9.97 Å². The first-order valence-corrected chi connectivity index (χ1v) is 5.51. The zero-order valence-corrected chi connectivity index (χ0v) is 10.6. The van der Waals surface area contributed by atoms with Gasteiger partial charge in [-0.05, 0) is 18.6 Å². The number of fused-ring (bicyclic) bond motifs is 1. The summed E-state index contributed by atoms with van der Waals surface area (Å²) >= 11 is 17.3. The number of nitro groups is 1. The predicted molar refractivity (Wildman–Crippen MR) is 66.0 cm³/mol. The van der Waals surface area contributed by atoms with Crippen molar-refractivity contribution in [2.24, 2.45) is 0 Å². The third-order valence-electron chi connectivity index (χ3n) is 2.16. The number of aryl methyl sites for hydroxylation is 1. The lowest BCUT2D eigenvalue weighted by atomic mass is 10.2. The molecule has 2 aromatic rings. The summed E-state index contributed by atoms with van der Waals surface area (Å²) in [6.45, 7) is 1.64. The first kappa shape index (κ1) is 12.3. The average Bonchev–Trinajstić information content (AvgIpc) is 2.23. The predicted octanol–water partition coefficient (Wildman–Crippen LogP) is 3.81. The second-order valence-corrected chi connectivity index (χ2v) is 4.38. The second kappa shape index (κ2) is 4.25. The molecular formula is C9H4Cl3N3O2. The summed E-state index contributed by atoms with van der Waals surface area (Å²) in [7, 11) is 0. The minimum Gasteiger partial charge on any atom is -0.258 e. The summed E-state index contributed by atoms with van der Waals surface area (Å²) < 4.78 is 0. The summed E-state index contributed by atoms with van der Waals surface area (Å²) in [5.41, 5.74) is 0.527. The quantitative estimate of drug-likeness (QED) is 0.592. The molecule has 0 unspecified atom stereocenters. The van der Waals surface area contributed by atoms with E-state index in [9.17, 15) is 10.1 Å². The molecule has 0 aliphatic carbocycles. The fourth-order valence-corrected chi connectivity index (χ4v) is 1.88. The van der Waals surface area contributed by atoms with E-state index >= 15 is 0 Å². The van der Waals surface area contributed by atoms with Crippen molar-refractivity contribution in [3.8, 4) is 0 Å². The number of rotatable bonds is 1. The Bertz CT molecular complexity index is 640. The van der Waals surface area contributed by atoms with Crippen LogP contribution < -0.4 is 0 Å². The highest BCUT2D eigenvalue weighted by Crippen LogP contribution is 2.35. The standard InChI is InChI=1S/C9H4Cl3N3O2/c1-3-2-4-6(7(5(3)10)15(16)17)14-9(12)8(11)13-4/h2H,1H3. The van der Waals surface area contributed by atoms with Gasteiger partial charge < -0.3 is 0 Å². The van der Waals surface area contributed by atoms with Gasteiger partial charge >= 0.3 is 5.69 Å². The molecule has 88 valence electrons. The number of benzene rings is 1. The summed E-state index contributed by atoms with van der Waals surface area (Å²) in [5, 5.41) is 10.9. The zero-order valence-electron chi connectivity index (χ0n) is 8.37. The Kier molecular flexibility index (Phi) is 3.07. The molecule has 17 heavy (non-hydrogen) atoms. The third-order valence-corrected chi connectivity index (χ3v) is 3.26. The Labute approximate surface area is 110 Å². The smallest absolute Gasteiger partial charge is 0.258 e. The van der Waals surface area contributed by atoms with Gasteiger partial charge in [-0.2, -0.15) is 0 Å². The molecule has 5 nitrogen and oxygen atoms in total. The molecule has 0 N–H and O–H groups in total. The monoisotopic (exact) mass is 291 g/mol. The van der Waals surface area contributed by atoms with Crippen LogP contribution in [0.15, 0.2) is 6.07 Å². The Morgan fingerprint density at radius 3 is 2.41 bits per heavy atom. The van der Waals surface area contributed by atoms with E-state index in [1.165, 1.54) is 0 Å². The van der Waals surface area contributed by atoms with E-state index in [-0.39, 0.29) is 32.0 Å². The highest BCUT2D eigenvalue weighted by molar-refractivity contribution is 6.41. The molecule has 1 aromatic heterocycles. The van der Waals surface area contributed by atoms with Crippen molar-refractivity contribution < 1.29 is 4.92 Å². The normalized spacial score (nSPS) is 10.8. The number of halogens is 3. The van der Waals surface area contributed by atoms with Crippen LogP contribution in [0.25, 0.3) is 11.0 Å². The van der Waals surface area contributed by atoms with E-state index in [1.54, 1.807) is 13.0 Å². The first-order valence-electron chi connectivity index (χ1n) is 4.38. The molecule has 0 fully saturated rings. The number of nitrogens with zero attached hydrogens (tertiary/aromatic N) is 3. The van der Waals surface area contributed by atoms with Crippen molar-refractivity contribution >= 4 is 51.5 Å². The van der Waals surface area contributed by atoms with Crippen molar-refractivity contribution in [3.63, 3.8) is 0 Å². The Morgan fingerprint density at radius 1 is 1.24 bits per heavy atom. The Morgan fingerprint density at radius 2 is 1.82 bits per heavy atom. The average molecular weight is 293 g/mol. The molecule has 1 aromatic carbocycles. The van der Waals surface area contributed by atoms with Crippen LogP contribution in [-0.2, 0) is 0 Å².